The van der Waals surface area contributed by atoms with Crippen LogP contribution >= 0.6 is 0 Å². The molecule has 1 fully saturated rings. The lowest BCUT2D eigenvalue weighted by atomic mass is 9.92. The highest BCUT2D eigenvalue weighted by Gasteiger charge is 2.32. The second-order valence-corrected chi connectivity index (χ2v) is 10.5. The number of rotatable bonds is 6. The first-order valence-corrected chi connectivity index (χ1v) is 12.8. The van der Waals surface area contributed by atoms with E-state index in [1.807, 2.05) is 16.7 Å². The Labute approximate surface area is 196 Å². The molecular weight excluding hydrogens is 454 g/mol. The van der Waals surface area contributed by atoms with Crippen LogP contribution in [-0.2, 0) is 14.6 Å². The van der Waals surface area contributed by atoms with Gasteiger partial charge in [0.25, 0.3) is 0 Å². The summed E-state index contributed by atoms with van der Waals surface area (Å²) in [5, 5.41) is 20.0. The van der Waals surface area contributed by atoms with Crippen LogP contribution in [-0.4, -0.2) is 45.8 Å². The molecule has 0 amide bonds. The van der Waals surface area contributed by atoms with Crippen molar-refractivity contribution in [2.24, 2.45) is 0 Å². The quantitative estimate of drug-likeness (QED) is 0.429. The van der Waals surface area contributed by atoms with Crippen molar-refractivity contribution in [2.75, 3.05) is 6.61 Å². The molecule has 34 heavy (non-hydrogen) atoms. The van der Waals surface area contributed by atoms with Crippen molar-refractivity contribution in [3.8, 4) is 6.07 Å². The van der Waals surface area contributed by atoms with E-state index in [1.165, 1.54) is 12.1 Å². The molecule has 1 aliphatic rings. The van der Waals surface area contributed by atoms with Gasteiger partial charge in [-0.3, -0.25) is 0 Å². The van der Waals surface area contributed by atoms with Crippen LogP contribution < -0.4 is 0 Å². The summed E-state index contributed by atoms with van der Waals surface area (Å²) < 4.78 is 34.8. The Kier molecular flexibility index (Phi) is 5.85. The standard InChI is InChI=1S/C24H25N5O4S/c1-15(30)23-27-20-21(29(23)16-7-9-17(10-8-16)33-14-12-25)19-11-13-26-22(19)28-24(20)34(31,32)18-5-3-2-4-6-18/h2-6,11,13,15-17,30H,7-10,14H2,1H3,(H,26,28)/t15-,16?,17?/m1/s1. The average Bonchev–Trinajstić information content (AvgIpc) is 3.47. The molecule has 2 N–H and O–H groups in total. The van der Waals surface area contributed by atoms with Crippen molar-refractivity contribution in [3.05, 3.63) is 48.4 Å². The van der Waals surface area contributed by atoms with Gasteiger partial charge in [-0.15, -0.1) is 0 Å². The SMILES string of the molecule is C[C@@H](O)c1nc2c(S(=O)(=O)c3ccccc3)nc3[nH]ccc3c2n1C1CCC(OCC#N)CC1. The lowest BCUT2D eigenvalue weighted by molar-refractivity contribution is 0.0377. The number of fused-ring (bicyclic) bond motifs is 3. The third-order valence-corrected chi connectivity index (χ3v) is 8.10. The monoisotopic (exact) mass is 479 g/mol. The summed E-state index contributed by atoms with van der Waals surface area (Å²) in [6.07, 6.45) is 3.89. The van der Waals surface area contributed by atoms with Crippen LogP contribution in [0, 0.1) is 11.3 Å². The van der Waals surface area contributed by atoms with Gasteiger partial charge in [0.05, 0.1) is 22.6 Å². The fourth-order valence-electron chi connectivity index (χ4n) is 4.84. The molecular formula is C24H25N5O4S. The maximum absolute atomic E-state index is 13.6. The van der Waals surface area contributed by atoms with Gasteiger partial charge in [0.2, 0.25) is 9.84 Å². The number of nitrogens with one attached hydrogen (secondary N) is 1. The lowest BCUT2D eigenvalue weighted by Gasteiger charge is -2.30. The molecule has 0 unspecified atom stereocenters. The van der Waals surface area contributed by atoms with E-state index in [-0.39, 0.29) is 34.2 Å². The topological polar surface area (TPSA) is 134 Å². The number of pyridine rings is 1. The fraction of sp³-hybridized carbons (Fsp3) is 0.375. The summed E-state index contributed by atoms with van der Waals surface area (Å²) in [6.45, 7) is 1.70. The number of nitrogens with zero attached hydrogens (tertiary/aromatic N) is 4. The predicted octanol–water partition coefficient (Wildman–Crippen LogP) is 3.82. The normalized spacial score (nSPS) is 19.9. The molecule has 0 spiro atoms. The molecule has 10 heteroatoms. The number of benzene rings is 1. The maximum atomic E-state index is 13.6. The largest absolute Gasteiger partial charge is 0.385 e. The molecule has 1 aromatic carbocycles. The second kappa shape index (κ2) is 8.83. The van der Waals surface area contributed by atoms with E-state index in [9.17, 15) is 13.5 Å². The van der Waals surface area contributed by atoms with Crippen molar-refractivity contribution < 1.29 is 18.3 Å². The Morgan fingerprint density at radius 2 is 1.94 bits per heavy atom. The molecule has 3 aromatic heterocycles. The van der Waals surface area contributed by atoms with Crippen molar-refractivity contribution in [3.63, 3.8) is 0 Å². The number of imidazole rings is 1. The Hall–Kier alpha value is -3.26. The number of aliphatic hydroxyl groups is 1. The number of hydrogen-bond donors (Lipinski definition) is 2. The van der Waals surface area contributed by atoms with Gasteiger partial charge in [-0.05, 0) is 50.8 Å². The molecule has 1 saturated carbocycles. The van der Waals surface area contributed by atoms with Crippen LogP contribution in [0.1, 0.15) is 50.6 Å². The number of nitriles is 1. The van der Waals surface area contributed by atoms with Crippen LogP contribution in [0.4, 0.5) is 0 Å². The van der Waals surface area contributed by atoms with Gasteiger partial charge in [-0.25, -0.2) is 18.4 Å². The van der Waals surface area contributed by atoms with Gasteiger partial charge in [-0.2, -0.15) is 5.26 Å². The molecule has 1 atom stereocenters. The van der Waals surface area contributed by atoms with Crippen molar-refractivity contribution in [2.45, 2.75) is 60.8 Å². The van der Waals surface area contributed by atoms with Crippen LogP contribution in [0.2, 0.25) is 0 Å². The molecule has 0 saturated heterocycles. The van der Waals surface area contributed by atoms with Gasteiger partial charge in [0.1, 0.15) is 29.7 Å². The highest BCUT2D eigenvalue weighted by Crippen LogP contribution is 2.39. The number of H-pyrrole nitrogens is 1. The van der Waals surface area contributed by atoms with E-state index in [1.54, 1.807) is 31.3 Å². The Morgan fingerprint density at radius 1 is 1.21 bits per heavy atom. The van der Waals surface area contributed by atoms with E-state index in [2.05, 4.69) is 15.0 Å². The average molecular weight is 480 g/mol. The second-order valence-electron chi connectivity index (χ2n) is 8.59. The Morgan fingerprint density at radius 3 is 2.62 bits per heavy atom. The molecule has 0 aliphatic heterocycles. The van der Waals surface area contributed by atoms with E-state index in [4.69, 9.17) is 10.00 Å². The molecule has 0 bridgehead atoms. The molecule has 0 radical (unpaired) electrons. The van der Waals surface area contributed by atoms with Crippen LogP contribution in [0.15, 0.2) is 52.5 Å². The van der Waals surface area contributed by atoms with Gasteiger partial charge in [0, 0.05) is 17.6 Å². The summed E-state index contributed by atoms with van der Waals surface area (Å²) >= 11 is 0. The highest BCUT2D eigenvalue weighted by atomic mass is 32.2. The number of ether oxygens (including phenoxy) is 1. The zero-order valence-corrected chi connectivity index (χ0v) is 19.5. The van der Waals surface area contributed by atoms with Gasteiger partial charge >= 0.3 is 0 Å². The maximum Gasteiger partial charge on any atom is 0.226 e. The summed E-state index contributed by atoms with van der Waals surface area (Å²) in [6, 6.07) is 12.1. The third-order valence-electron chi connectivity index (χ3n) is 6.41. The van der Waals surface area contributed by atoms with Crippen LogP contribution in [0.3, 0.4) is 0 Å². The molecule has 176 valence electrons. The number of hydrogen-bond acceptors (Lipinski definition) is 7. The van der Waals surface area contributed by atoms with Crippen LogP contribution in [0.5, 0.6) is 0 Å². The Bertz CT molecular complexity index is 1480. The first-order chi connectivity index (χ1) is 16.4. The summed E-state index contributed by atoms with van der Waals surface area (Å²) in [4.78, 5) is 12.3. The first-order valence-electron chi connectivity index (χ1n) is 11.3. The van der Waals surface area contributed by atoms with Gasteiger partial charge in [-0.1, -0.05) is 18.2 Å². The van der Waals surface area contributed by atoms with E-state index < -0.39 is 15.9 Å². The van der Waals surface area contributed by atoms with E-state index in [0.29, 0.717) is 17.0 Å². The molecule has 4 aromatic rings. The molecule has 1 aliphatic carbocycles. The minimum Gasteiger partial charge on any atom is -0.385 e. The van der Waals surface area contributed by atoms with Crippen molar-refractivity contribution in [1.82, 2.24) is 19.5 Å². The van der Waals surface area contributed by atoms with Crippen molar-refractivity contribution in [1.29, 1.82) is 5.26 Å². The van der Waals surface area contributed by atoms with Gasteiger partial charge < -0.3 is 19.4 Å². The Balaban J connectivity index is 1.70. The molecule has 3 heterocycles. The van der Waals surface area contributed by atoms with Crippen molar-refractivity contribution >= 4 is 31.9 Å². The summed E-state index contributed by atoms with van der Waals surface area (Å²) in [5.74, 6) is 0.413. The zero-order chi connectivity index (χ0) is 23.9. The summed E-state index contributed by atoms with van der Waals surface area (Å²) in [7, 11) is -3.95. The lowest BCUT2D eigenvalue weighted by Crippen LogP contribution is -2.25. The van der Waals surface area contributed by atoms with E-state index >= 15 is 0 Å². The fourth-order valence-corrected chi connectivity index (χ4v) is 6.19. The first kappa shape index (κ1) is 22.5. The smallest absolute Gasteiger partial charge is 0.226 e. The summed E-state index contributed by atoms with van der Waals surface area (Å²) in [5.41, 5.74) is 1.36. The number of sulfone groups is 1. The minimum atomic E-state index is -3.95. The number of aromatic amines is 1. The third kappa shape index (κ3) is 3.76. The van der Waals surface area contributed by atoms with Crippen LogP contribution in [0.25, 0.3) is 22.1 Å². The predicted molar refractivity (Wildman–Crippen MR) is 125 cm³/mol. The van der Waals surface area contributed by atoms with E-state index in [0.717, 1.165) is 31.1 Å². The molecule has 5 rings (SSSR count). The zero-order valence-electron chi connectivity index (χ0n) is 18.7. The highest BCUT2D eigenvalue weighted by molar-refractivity contribution is 7.91. The van der Waals surface area contributed by atoms with Gasteiger partial charge in [0.15, 0.2) is 5.03 Å². The number of aliphatic hydroxyl groups excluding tert-OH is 1. The number of aromatic nitrogens is 4. The minimum absolute atomic E-state index is 0.00400. The molecule has 9 nitrogen and oxygen atoms in total.